The molecule has 0 saturated carbocycles. The molecule has 0 radical (unpaired) electrons. The number of hydrogen-bond donors (Lipinski definition) is 1. The molecule has 0 unspecified atom stereocenters. The Morgan fingerprint density at radius 2 is 1.69 bits per heavy atom. The Labute approximate surface area is 209 Å². The molecular weight excluding hydrogens is 458 g/mol. The Balaban J connectivity index is 1.58. The molecule has 9 nitrogen and oxygen atoms in total. The van der Waals surface area contributed by atoms with Gasteiger partial charge in [-0.3, -0.25) is 14.4 Å². The number of piperidine rings is 1. The van der Waals surface area contributed by atoms with E-state index in [0.717, 1.165) is 56.7 Å². The Bertz CT molecular complexity index is 1340. The second kappa shape index (κ2) is 10.5. The lowest BCUT2D eigenvalue weighted by Gasteiger charge is -2.30. The monoisotopic (exact) mass is 489 g/mol. The first-order valence-electron chi connectivity index (χ1n) is 12.5. The highest BCUT2D eigenvalue weighted by molar-refractivity contribution is 5.98. The summed E-state index contributed by atoms with van der Waals surface area (Å²) < 4.78 is 6.76. The normalized spacial score (nSPS) is 16.2. The maximum Gasteiger partial charge on any atom is 0.275 e. The van der Waals surface area contributed by atoms with Gasteiger partial charge in [0.15, 0.2) is 0 Å². The van der Waals surface area contributed by atoms with Gasteiger partial charge in [0.25, 0.3) is 5.56 Å². The lowest BCUT2D eigenvalue weighted by Crippen LogP contribution is -2.40. The number of carbonyl (C=O) groups is 2. The van der Waals surface area contributed by atoms with Gasteiger partial charge in [-0.25, -0.2) is 4.68 Å². The van der Waals surface area contributed by atoms with Crippen molar-refractivity contribution in [1.29, 1.82) is 0 Å². The van der Waals surface area contributed by atoms with Crippen molar-refractivity contribution >= 4 is 34.0 Å². The van der Waals surface area contributed by atoms with E-state index in [9.17, 15) is 14.4 Å². The minimum atomic E-state index is -0.285. The van der Waals surface area contributed by atoms with Crippen molar-refractivity contribution in [2.75, 3.05) is 49.6 Å². The van der Waals surface area contributed by atoms with E-state index in [1.54, 1.807) is 6.07 Å². The maximum atomic E-state index is 13.3. The molecule has 2 aromatic carbocycles. The number of likely N-dealkylation sites (tertiary alicyclic amines) is 1. The van der Waals surface area contributed by atoms with E-state index in [0.29, 0.717) is 35.4 Å². The molecule has 1 N–H and O–H groups in total. The number of nitrogens with zero attached hydrogens (tertiary/aromatic N) is 4. The molecule has 2 amide bonds. The minimum Gasteiger partial charge on any atom is -0.378 e. The first-order valence-corrected chi connectivity index (χ1v) is 12.5. The van der Waals surface area contributed by atoms with Gasteiger partial charge in [0, 0.05) is 44.1 Å². The van der Waals surface area contributed by atoms with Gasteiger partial charge in [0.2, 0.25) is 11.8 Å². The van der Waals surface area contributed by atoms with E-state index >= 15 is 0 Å². The number of nitrogens with one attached hydrogen (secondary N) is 1. The van der Waals surface area contributed by atoms with Crippen LogP contribution in [-0.2, 0) is 20.9 Å². The smallest absolute Gasteiger partial charge is 0.275 e. The van der Waals surface area contributed by atoms with Crippen molar-refractivity contribution in [2.24, 2.45) is 0 Å². The van der Waals surface area contributed by atoms with Crippen molar-refractivity contribution in [3.63, 3.8) is 0 Å². The molecule has 3 aromatic rings. The number of benzene rings is 2. The van der Waals surface area contributed by atoms with Crippen LogP contribution in [0.2, 0.25) is 0 Å². The SMILES string of the molecule is CC(=O)Nc1cc(-c2nn(CC(=O)N3CCCCC3)c(=O)c3ccccc23)ccc1N1CCOCC1. The molecular formula is C27H31N5O4. The Morgan fingerprint density at radius 1 is 0.972 bits per heavy atom. The number of ether oxygens (including phenoxy) is 1. The highest BCUT2D eigenvalue weighted by atomic mass is 16.5. The molecule has 0 atom stereocenters. The molecule has 2 saturated heterocycles. The van der Waals surface area contributed by atoms with Crippen LogP contribution in [0.5, 0.6) is 0 Å². The Kier molecular flexibility index (Phi) is 6.99. The van der Waals surface area contributed by atoms with Gasteiger partial charge in [0.05, 0.1) is 35.7 Å². The topological polar surface area (TPSA) is 96.8 Å². The average molecular weight is 490 g/mol. The number of carbonyl (C=O) groups excluding carboxylic acids is 2. The fourth-order valence-electron chi connectivity index (χ4n) is 4.98. The van der Waals surface area contributed by atoms with Crippen LogP contribution in [0.4, 0.5) is 11.4 Å². The highest BCUT2D eigenvalue weighted by Crippen LogP contribution is 2.33. The number of hydrogen-bond acceptors (Lipinski definition) is 6. The van der Waals surface area contributed by atoms with Gasteiger partial charge in [-0.15, -0.1) is 0 Å². The van der Waals surface area contributed by atoms with Crippen LogP contribution in [0, 0.1) is 0 Å². The summed E-state index contributed by atoms with van der Waals surface area (Å²) in [7, 11) is 0. The largest absolute Gasteiger partial charge is 0.378 e. The van der Waals surface area contributed by atoms with E-state index < -0.39 is 0 Å². The summed E-state index contributed by atoms with van der Waals surface area (Å²) in [4.78, 5) is 42.2. The molecule has 3 heterocycles. The third-order valence-electron chi connectivity index (χ3n) is 6.79. The maximum absolute atomic E-state index is 13.3. The lowest BCUT2D eigenvalue weighted by molar-refractivity contribution is -0.133. The van der Waals surface area contributed by atoms with Gasteiger partial charge in [-0.2, -0.15) is 5.10 Å². The third kappa shape index (κ3) is 4.97. The molecule has 2 aliphatic rings. The average Bonchev–Trinajstić information content (AvgIpc) is 2.91. The highest BCUT2D eigenvalue weighted by Gasteiger charge is 2.21. The van der Waals surface area contributed by atoms with Crippen molar-refractivity contribution in [3.8, 4) is 11.3 Å². The Hall–Kier alpha value is -3.72. The van der Waals surface area contributed by atoms with Crippen molar-refractivity contribution in [2.45, 2.75) is 32.7 Å². The molecule has 36 heavy (non-hydrogen) atoms. The van der Waals surface area contributed by atoms with Crippen LogP contribution >= 0.6 is 0 Å². The van der Waals surface area contributed by atoms with Crippen molar-refractivity contribution < 1.29 is 14.3 Å². The zero-order valence-electron chi connectivity index (χ0n) is 20.5. The third-order valence-corrected chi connectivity index (χ3v) is 6.79. The van der Waals surface area contributed by atoms with Gasteiger partial charge < -0.3 is 19.9 Å². The molecule has 9 heteroatoms. The van der Waals surface area contributed by atoms with Crippen LogP contribution in [-0.4, -0.2) is 65.9 Å². The van der Waals surface area contributed by atoms with Gasteiger partial charge in [-0.1, -0.05) is 24.3 Å². The first-order chi connectivity index (χ1) is 17.5. The molecule has 0 spiro atoms. The summed E-state index contributed by atoms with van der Waals surface area (Å²) in [6, 6.07) is 13.1. The minimum absolute atomic E-state index is 0.0906. The zero-order chi connectivity index (χ0) is 25.1. The number of anilines is 2. The van der Waals surface area contributed by atoms with E-state index in [4.69, 9.17) is 4.74 Å². The number of morpholine rings is 1. The molecule has 0 aliphatic carbocycles. The second-order valence-electron chi connectivity index (χ2n) is 9.31. The molecule has 0 bridgehead atoms. The van der Waals surface area contributed by atoms with Gasteiger partial charge in [-0.05, 0) is 37.5 Å². The molecule has 5 rings (SSSR count). The van der Waals surface area contributed by atoms with Crippen LogP contribution in [0.3, 0.4) is 0 Å². The summed E-state index contributed by atoms with van der Waals surface area (Å²) >= 11 is 0. The van der Waals surface area contributed by atoms with Crippen LogP contribution in [0.1, 0.15) is 26.2 Å². The standard InChI is InChI=1S/C27H31N5O4/c1-19(33)28-23-17-20(9-10-24(23)30-13-15-36-16-14-30)26-21-7-3-4-8-22(21)27(35)32(29-26)18-25(34)31-11-5-2-6-12-31/h3-4,7-10,17H,2,5-6,11-16,18H2,1H3,(H,28,33). The van der Waals surface area contributed by atoms with E-state index in [1.165, 1.54) is 11.6 Å². The predicted octanol–water partition coefficient (Wildman–Crippen LogP) is 2.87. The van der Waals surface area contributed by atoms with Crippen LogP contribution < -0.4 is 15.8 Å². The van der Waals surface area contributed by atoms with E-state index in [1.807, 2.05) is 41.3 Å². The summed E-state index contributed by atoms with van der Waals surface area (Å²) in [6.45, 7) is 5.55. The fraction of sp³-hybridized carbons (Fsp3) is 0.407. The number of fused-ring (bicyclic) bond motifs is 1. The van der Waals surface area contributed by atoms with E-state index in [2.05, 4.69) is 15.3 Å². The lowest BCUT2D eigenvalue weighted by atomic mass is 10.0. The van der Waals surface area contributed by atoms with Gasteiger partial charge >= 0.3 is 0 Å². The number of amides is 2. The summed E-state index contributed by atoms with van der Waals surface area (Å²) in [5, 5.41) is 8.84. The predicted molar refractivity (Wildman–Crippen MR) is 139 cm³/mol. The van der Waals surface area contributed by atoms with Crippen LogP contribution in [0.25, 0.3) is 22.0 Å². The quantitative estimate of drug-likeness (QED) is 0.592. The van der Waals surface area contributed by atoms with Gasteiger partial charge in [0.1, 0.15) is 6.54 Å². The zero-order valence-corrected chi connectivity index (χ0v) is 20.5. The van der Waals surface area contributed by atoms with Crippen molar-refractivity contribution in [1.82, 2.24) is 14.7 Å². The summed E-state index contributed by atoms with van der Waals surface area (Å²) in [5.74, 6) is -0.260. The molecule has 2 aliphatic heterocycles. The Morgan fingerprint density at radius 3 is 2.42 bits per heavy atom. The summed E-state index contributed by atoms with van der Waals surface area (Å²) in [6.07, 6.45) is 3.09. The second-order valence-corrected chi connectivity index (χ2v) is 9.31. The number of aromatic nitrogens is 2. The van der Waals surface area contributed by atoms with Crippen molar-refractivity contribution in [3.05, 3.63) is 52.8 Å². The fourth-order valence-corrected chi connectivity index (χ4v) is 4.98. The van der Waals surface area contributed by atoms with E-state index in [-0.39, 0.29) is 23.9 Å². The molecule has 1 aromatic heterocycles. The molecule has 2 fully saturated rings. The van der Waals surface area contributed by atoms with Crippen LogP contribution in [0.15, 0.2) is 47.3 Å². The first kappa shape index (κ1) is 24.0. The molecule has 188 valence electrons. The summed E-state index contributed by atoms with van der Waals surface area (Å²) in [5.41, 5.74) is 2.65. The number of rotatable bonds is 5.